The molecule has 0 bridgehead atoms. The lowest BCUT2D eigenvalue weighted by atomic mass is 10.0. The Balaban J connectivity index is 1.67. The number of rotatable bonds is 3. The predicted octanol–water partition coefficient (Wildman–Crippen LogP) is 3.75. The van der Waals surface area contributed by atoms with Crippen LogP contribution in [0.5, 0.6) is 0 Å². The molecule has 0 aliphatic carbocycles. The maximum absolute atomic E-state index is 12.3. The van der Waals surface area contributed by atoms with E-state index in [-0.39, 0.29) is 11.8 Å². The van der Waals surface area contributed by atoms with E-state index in [1.165, 1.54) is 29.5 Å². The molecule has 0 atom stereocenters. The molecule has 0 radical (unpaired) electrons. The van der Waals surface area contributed by atoms with Crippen molar-refractivity contribution in [2.24, 2.45) is 0 Å². The average Bonchev–Trinajstić information content (AvgIpc) is 3.16. The van der Waals surface area contributed by atoms with E-state index >= 15 is 0 Å². The number of hydrogen-bond donors (Lipinski definition) is 0. The second kappa shape index (κ2) is 8.15. The number of amides is 1. The first-order chi connectivity index (χ1) is 15.1. The summed E-state index contributed by atoms with van der Waals surface area (Å²) in [4.78, 5) is 41.2. The highest BCUT2D eigenvalue weighted by atomic mass is 32.1. The minimum absolute atomic E-state index is 0.0401. The smallest absolute Gasteiger partial charge is 0.410 e. The van der Waals surface area contributed by atoms with Crippen LogP contribution in [-0.4, -0.2) is 49.2 Å². The van der Waals surface area contributed by atoms with Crippen LogP contribution in [0.2, 0.25) is 0 Å². The zero-order valence-corrected chi connectivity index (χ0v) is 18.6. The van der Waals surface area contributed by atoms with Gasteiger partial charge in [-0.3, -0.25) is 14.9 Å². The first-order valence-electron chi connectivity index (χ1n) is 9.94. The van der Waals surface area contributed by atoms with Crippen LogP contribution in [0.15, 0.2) is 41.2 Å². The summed E-state index contributed by atoms with van der Waals surface area (Å²) in [5.74, 6) is 0. The maximum atomic E-state index is 12.3. The van der Waals surface area contributed by atoms with E-state index < -0.39 is 16.1 Å². The number of aromatic nitrogens is 3. The van der Waals surface area contributed by atoms with Crippen molar-refractivity contribution >= 4 is 33.7 Å². The van der Waals surface area contributed by atoms with Gasteiger partial charge in [-0.1, -0.05) is 29.5 Å². The van der Waals surface area contributed by atoms with E-state index in [4.69, 9.17) is 4.74 Å². The van der Waals surface area contributed by atoms with Crippen molar-refractivity contribution in [3.63, 3.8) is 0 Å². The molecule has 0 fully saturated rings. The van der Waals surface area contributed by atoms with Crippen molar-refractivity contribution < 1.29 is 14.5 Å². The Morgan fingerprint density at radius 1 is 1.28 bits per heavy atom. The number of carbonyl (C=O) groups excluding carboxylic acids is 1. The number of ether oxygens (including phenoxy) is 1. The zero-order valence-electron chi connectivity index (χ0n) is 17.8. The highest BCUT2D eigenvalue weighted by Crippen LogP contribution is 2.30. The zero-order chi connectivity index (χ0) is 23.0. The molecule has 32 heavy (non-hydrogen) atoms. The van der Waals surface area contributed by atoms with Crippen LogP contribution in [0, 0.1) is 10.1 Å². The largest absolute Gasteiger partial charge is 0.444 e. The first kappa shape index (κ1) is 21.6. The number of fused-ring (bicyclic) bond motifs is 1. The van der Waals surface area contributed by atoms with Crippen molar-refractivity contribution in [1.29, 1.82) is 0 Å². The third kappa shape index (κ3) is 4.52. The molecule has 1 aliphatic heterocycles. The number of nitrogens with zero attached hydrogens (tertiary/aromatic N) is 5. The Hall–Kier alpha value is -3.60. The predicted molar refractivity (Wildman–Crippen MR) is 120 cm³/mol. The Bertz CT molecular complexity index is 1300. The number of non-ortho nitro benzene ring substituents is 1. The van der Waals surface area contributed by atoms with Crippen LogP contribution in [0.3, 0.4) is 0 Å². The molecule has 166 valence electrons. The SMILES string of the molecule is CC(C)(C)OC(=O)N1CC=C(c2cc(=O)nc3sc(-c4cccc([N+](=O)[O-])c4)nn23)CC1. The molecule has 4 rings (SSSR count). The Morgan fingerprint density at radius 3 is 2.72 bits per heavy atom. The van der Waals surface area contributed by atoms with E-state index in [0.717, 1.165) is 5.57 Å². The van der Waals surface area contributed by atoms with Gasteiger partial charge in [0.15, 0.2) is 0 Å². The number of nitro benzene ring substituents is 1. The Labute approximate surface area is 186 Å². The van der Waals surface area contributed by atoms with Gasteiger partial charge < -0.3 is 9.64 Å². The van der Waals surface area contributed by atoms with E-state index in [1.54, 1.807) is 21.5 Å². The van der Waals surface area contributed by atoms with Gasteiger partial charge >= 0.3 is 6.09 Å². The summed E-state index contributed by atoms with van der Waals surface area (Å²) in [6.07, 6.45) is 2.02. The molecular weight excluding hydrogens is 434 g/mol. The van der Waals surface area contributed by atoms with Crippen LogP contribution in [-0.2, 0) is 4.74 Å². The molecule has 1 aromatic carbocycles. The lowest BCUT2D eigenvalue weighted by molar-refractivity contribution is -0.384. The van der Waals surface area contributed by atoms with Crippen molar-refractivity contribution in [2.45, 2.75) is 32.8 Å². The lowest BCUT2D eigenvalue weighted by Gasteiger charge is -2.29. The fourth-order valence-corrected chi connectivity index (χ4v) is 4.21. The van der Waals surface area contributed by atoms with Gasteiger partial charge in [-0.15, -0.1) is 0 Å². The summed E-state index contributed by atoms with van der Waals surface area (Å²) in [6, 6.07) is 7.58. The summed E-state index contributed by atoms with van der Waals surface area (Å²) in [5, 5.41) is 16.2. The second-order valence-corrected chi connectivity index (χ2v) is 9.25. The first-order valence-corrected chi connectivity index (χ1v) is 10.8. The number of hydrogen-bond acceptors (Lipinski definition) is 8. The molecule has 2 aromatic heterocycles. The second-order valence-electron chi connectivity index (χ2n) is 8.29. The van der Waals surface area contributed by atoms with E-state index in [2.05, 4.69) is 10.1 Å². The molecule has 3 aromatic rings. The van der Waals surface area contributed by atoms with Gasteiger partial charge in [-0.05, 0) is 32.8 Å². The highest BCUT2D eigenvalue weighted by Gasteiger charge is 2.25. The summed E-state index contributed by atoms with van der Waals surface area (Å²) < 4.78 is 7.00. The molecule has 0 N–H and O–H groups in total. The molecule has 0 unspecified atom stereocenters. The molecular formula is C21H21N5O5S. The summed E-state index contributed by atoms with van der Waals surface area (Å²) in [5.41, 5.74) is 1.02. The fourth-order valence-electron chi connectivity index (χ4n) is 3.31. The van der Waals surface area contributed by atoms with Gasteiger partial charge in [0.05, 0.1) is 10.6 Å². The number of carbonyl (C=O) groups is 1. The van der Waals surface area contributed by atoms with Gasteiger partial charge in [0.25, 0.3) is 11.2 Å². The normalized spacial score (nSPS) is 14.3. The Kier molecular flexibility index (Phi) is 5.51. The van der Waals surface area contributed by atoms with Crippen LogP contribution < -0.4 is 5.56 Å². The monoisotopic (exact) mass is 455 g/mol. The highest BCUT2D eigenvalue weighted by molar-refractivity contribution is 7.19. The molecule has 11 heteroatoms. The Morgan fingerprint density at radius 2 is 2.06 bits per heavy atom. The van der Waals surface area contributed by atoms with Gasteiger partial charge in [0.2, 0.25) is 4.96 Å². The maximum Gasteiger partial charge on any atom is 0.410 e. The topological polar surface area (TPSA) is 120 Å². The van der Waals surface area contributed by atoms with Crippen LogP contribution in [0.25, 0.3) is 21.1 Å². The summed E-state index contributed by atoms with van der Waals surface area (Å²) in [7, 11) is 0. The molecule has 1 amide bonds. The minimum atomic E-state index is -0.574. The van der Waals surface area contributed by atoms with Crippen molar-refractivity contribution in [3.05, 3.63) is 62.6 Å². The molecule has 0 saturated heterocycles. The van der Waals surface area contributed by atoms with Crippen molar-refractivity contribution in [3.8, 4) is 10.6 Å². The van der Waals surface area contributed by atoms with E-state index in [9.17, 15) is 19.7 Å². The van der Waals surface area contributed by atoms with Crippen molar-refractivity contribution in [1.82, 2.24) is 19.5 Å². The van der Waals surface area contributed by atoms with Gasteiger partial charge in [0.1, 0.15) is 10.6 Å². The molecule has 10 nitrogen and oxygen atoms in total. The molecule has 0 saturated carbocycles. The summed E-state index contributed by atoms with van der Waals surface area (Å²) >= 11 is 1.18. The average molecular weight is 455 g/mol. The van der Waals surface area contributed by atoms with Crippen molar-refractivity contribution in [2.75, 3.05) is 13.1 Å². The fraction of sp³-hybridized carbons (Fsp3) is 0.333. The van der Waals surface area contributed by atoms with Crippen LogP contribution in [0.1, 0.15) is 32.9 Å². The third-order valence-corrected chi connectivity index (χ3v) is 5.71. The lowest BCUT2D eigenvalue weighted by Crippen LogP contribution is -2.39. The standard InChI is InChI=1S/C21H21N5O5S/c1-21(2,3)31-20(28)24-9-7-13(8-10-24)16-12-17(27)22-19-25(16)23-18(32-19)14-5-4-6-15(11-14)26(29)30/h4-7,11-12H,8-10H2,1-3H3. The van der Waals surface area contributed by atoms with Gasteiger partial charge in [-0.2, -0.15) is 10.1 Å². The third-order valence-electron chi connectivity index (χ3n) is 4.75. The van der Waals surface area contributed by atoms with Crippen LogP contribution >= 0.6 is 11.3 Å². The molecule has 1 aliphatic rings. The van der Waals surface area contributed by atoms with Gasteiger partial charge in [-0.25, -0.2) is 9.31 Å². The quantitative estimate of drug-likeness (QED) is 0.436. The van der Waals surface area contributed by atoms with E-state index in [0.29, 0.717) is 40.7 Å². The van der Waals surface area contributed by atoms with Gasteiger partial charge in [0, 0.05) is 36.9 Å². The minimum Gasteiger partial charge on any atom is -0.444 e. The summed E-state index contributed by atoms with van der Waals surface area (Å²) in [6.45, 7) is 6.25. The molecule has 0 spiro atoms. The van der Waals surface area contributed by atoms with E-state index in [1.807, 2.05) is 26.8 Å². The number of nitro groups is 1. The number of benzene rings is 1. The molecule has 3 heterocycles. The van der Waals surface area contributed by atoms with Crippen LogP contribution in [0.4, 0.5) is 10.5 Å².